The molecule has 0 aliphatic carbocycles. The van der Waals surface area contributed by atoms with Gasteiger partial charge in [0, 0.05) is 29.6 Å². The molecule has 1 aromatic carbocycles. The summed E-state index contributed by atoms with van der Waals surface area (Å²) in [6.07, 6.45) is 0.860. The predicted molar refractivity (Wildman–Crippen MR) is 107 cm³/mol. The van der Waals surface area contributed by atoms with Gasteiger partial charge in [-0.1, -0.05) is 19.1 Å². The Kier molecular flexibility index (Phi) is 6.31. The predicted octanol–water partition coefficient (Wildman–Crippen LogP) is 2.96. The van der Waals surface area contributed by atoms with Gasteiger partial charge in [-0.2, -0.15) is 4.31 Å². The molecule has 1 saturated heterocycles. The van der Waals surface area contributed by atoms with E-state index in [0.717, 1.165) is 16.9 Å². The SMILES string of the molecule is CC[C@H](C)NC(=O)c1cccc(-c2ccc(S(=O)(=O)N3CCOCC3)s2)c1. The van der Waals surface area contributed by atoms with Crippen LogP contribution in [0.15, 0.2) is 40.6 Å². The lowest BCUT2D eigenvalue weighted by Gasteiger charge is -2.25. The Balaban J connectivity index is 1.82. The van der Waals surface area contributed by atoms with Crippen molar-refractivity contribution in [3.8, 4) is 10.4 Å². The van der Waals surface area contributed by atoms with E-state index in [1.165, 1.54) is 15.6 Å². The third-order valence-electron chi connectivity index (χ3n) is 4.54. The minimum absolute atomic E-state index is 0.105. The second kappa shape index (κ2) is 8.52. The molecule has 1 aliphatic heterocycles. The van der Waals surface area contributed by atoms with Gasteiger partial charge >= 0.3 is 0 Å². The van der Waals surface area contributed by atoms with E-state index in [9.17, 15) is 13.2 Å². The molecule has 3 rings (SSSR count). The van der Waals surface area contributed by atoms with Gasteiger partial charge in [-0.3, -0.25) is 4.79 Å². The highest BCUT2D eigenvalue weighted by molar-refractivity contribution is 7.91. The highest BCUT2D eigenvalue weighted by atomic mass is 32.2. The molecule has 2 aromatic rings. The molecule has 0 unspecified atom stereocenters. The number of carbonyl (C=O) groups is 1. The molecule has 146 valence electrons. The third kappa shape index (κ3) is 4.57. The quantitative estimate of drug-likeness (QED) is 0.797. The largest absolute Gasteiger partial charge is 0.379 e. The van der Waals surface area contributed by atoms with Crippen molar-refractivity contribution in [3.63, 3.8) is 0 Å². The Morgan fingerprint density at radius 2 is 2.00 bits per heavy atom. The summed E-state index contributed by atoms with van der Waals surface area (Å²) in [7, 11) is -3.50. The van der Waals surface area contributed by atoms with E-state index >= 15 is 0 Å². The molecule has 1 fully saturated rings. The van der Waals surface area contributed by atoms with Crippen LogP contribution in [0.3, 0.4) is 0 Å². The van der Waals surface area contributed by atoms with Crippen molar-refractivity contribution >= 4 is 27.3 Å². The van der Waals surface area contributed by atoms with Gasteiger partial charge in [-0.05, 0) is 43.2 Å². The Hall–Kier alpha value is -1.74. The van der Waals surface area contributed by atoms with Crippen LogP contribution >= 0.6 is 11.3 Å². The van der Waals surface area contributed by atoms with Crippen molar-refractivity contribution in [1.29, 1.82) is 0 Å². The first-order valence-corrected chi connectivity index (χ1v) is 11.3. The van der Waals surface area contributed by atoms with Crippen molar-refractivity contribution in [1.82, 2.24) is 9.62 Å². The molecular weight excluding hydrogens is 384 g/mol. The van der Waals surface area contributed by atoms with Gasteiger partial charge in [0.1, 0.15) is 4.21 Å². The number of benzene rings is 1. The van der Waals surface area contributed by atoms with Crippen LogP contribution in [0.1, 0.15) is 30.6 Å². The Morgan fingerprint density at radius 3 is 2.70 bits per heavy atom. The fourth-order valence-corrected chi connectivity index (χ4v) is 5.62. The summed E-state index contributed by atoms with van der Waals surface area (Å²) in [6.45, 7) is 5.57. The number of sulfonamides is 1. The van der Waals surface area contributed by atoms with Crippen molar-refractivity contribution in [2.75, 3.05) is 26.3 Å². The first-order valence-electron chi connectivity index (χ1n) is 9.01. The summed E-state index contributed by atoms with van der Waals surface area (Å²) in [5.74, 6) is -0.121. The molecular formula is C19H24N2O4S2. The zero-order chi connectivity index (χ0) is 19.4. The summed E-state index contributed by atoms with van der Waals surface area (Å²) < 4.78 is 32.6. The maximum absolute atomic E-state index is 12.8. The van der Waals surface area contributed by atoms with Crippen LogP contribution < -0.4 is 5.32 Å². The molecule has 2 heterocycles. The summed E-state index contributed by atoms with van der Waals surface area (Å²) in [5, 5.41) is 2.95. The zero-order valence-corrected chi connectivity index (χ0v) is 17.1. The summed E-state index contributed by atoms with van der Waals surface area (Å²) in [4.78, 5) is 13.2. The molecule has 8 heteroatoms. The van der Waals surface area contributed by atoms with Crippen molar-refractivity contribution < 1.29 is 17.9 Å². The van der Waals surface area contributed by atoms with Crippen LogP contribution in [0.2, 0.25) is 0 Å². The fourth-order valence-electron chi connectivity index (χ4n) is 2.75. The zero-order valence-electron chi connectivity index (χ0n) is 15.5. The lowest BCUT2D eigenvalue weighted by Crippen LogP contribution is -2.40. The summed E-state index contributed by atoms with van der Waals surface area (Å²) in [5.41, 5.74) is 1.40. The minimum Gasteiger partial charge on any atom is -0.379 e. The Bertz CT molecular complexity index is 902. The van der Waals surface area contributed by atoms with Crippen LogP contribution in [-0.2, 0) is 14.8 Å². The number of hydrogen-bond donors (Lipinski definition) is 1. The van der Waals surface area contributed by atoms with Crippen molar-refractivity contribution in [3.05, 3.63) is 42.0 Å². The van der Waals surface area contributed by atoms with E-state index in [1.807, 2.05) is 26.0 Å². The topological polar surface area (TPSA) is 75.7 Å². The van der Waals surface area contributed by atoms with Crippen LogP contribution in [0.5, 0.6) is 0 Å². The maximum Gasteiger partial charge on any atom is 0.252 e. The number of morpholine rings is 1. The van der Waals surface area contributed by atoms with Crippen LogP contribution in [0, 0.1) is 0 Å². The van der Waals surface area contributed by atoms with Crippen molar-refractivity contribution in [2.24, 2.45) is 0 Å². The number of ether oxygens (including phenoxy) is 1. The highest BCUT2D eigenvalue weighted by Gasteiger charge is 2.27. The summed E-state index contributed by atoms with van der Waals surface area (Å²) >= 11 is 1.22. The highest BCUT2D eigenvalue weighted by Crippen LogP contribution is 2.33. The molecule has 1 atom stereocenters. The number of nitrogens with zero attached hydrogens (tertiary/aromatic N) is 1. The normalized spacial score (nSPS) is 16.8. The average molecular weight is 409 g/mol. The van der Waals surface area contributed by atoms with E-state index in [2.05, 4.69) is 5.32 Å². The Labute approximate surface area is 164 Å². The Morgan fingerprint density at radius 1 is 1.26 bits per heavy atom. The average Bonchev–Trinajstić information content (AvgIpc) is 3.20. The second-order valence-corrected chi connectivity index (χ2v) is 9.75. The maximum atomic E-state index is 12.8. The molecule has 0 saturated carbocycles. The standard InChI is InChI=1S/C19H24N2O4S2/c1-3-14(2)20-19(22)16-6-4-5-15(13-16)17-7-8-18(26-17)27(23,24)21-9-11-25-12-10-21/h4-8,13-14H,3,9-12H2,1-2H3,(H,20,22)/t14-/m0/s1. The van der Waals surface area contributed by atoms with Gasteiger partial charge in [-0.25, -0.2) is 8.42 Å². The van der Waals surface area contributed by atoms with Crippen LogP contribution in [0.4, 0.5) is 0 Å². The van der Waals surface area contributed by atoms with E-state index in [-0.39, 0.29) is 11.9 Å². The number of amides is 1. The van der Waals surface area contributed by atoms with Gasteiger partial charge in [0.15, 0.2) is 0 Å². The molecule has 1 amide bonds. The van der Waals surface area contributed by atoms with E-state index in [1.54, 1.807) is 24.3 Å². The van der Waals surface area contributed by atoms with Gasteiger partial charge in [-0.15, -0.1) is 11.3 Å². The van der Waals surface area contributed by atoms with Gasteiger partial charge < -0.3 is 10.1 Å². The lowest BCUT2D eigenvalue weighted by molar-refractivity contribution is 0.0731. The molecule has 27 heavy (non-hydrogen) atoms. The third-order valence-corrected chi connectivity index (χ3v) is 8.05. The summed E-state index contributed by atoms with van der Waals surface area (Å²) in [6, 6.07) is 10.8. The van der Waals surface area contributed by atoms with E-state index in [0.29, 0.717) is 36.1 Å². The van der Waals surface area contributed by atoms with E-state index in [4.69, 9.17) is 4.74 Å². The second-order valence-electron chi connectivity index (χ2n) is 6.50. The van der Waals surface area contributed by atoms with Gasteiger partial charge in [0.2, 0.25) is 0 Å². The molecule has 1 aromatic heterocycles. The minimum atomic E-state index is -3.50. The van der Waals surface area contributed by atoms with Crippen LogP contribution in [0.25, 0.3) is 10.4 Å². The lowest BCUT2D eigenvalue weighted by atomic mass is 10.1. The van der Waals surface area contributed by atoms with E-state index < -0.39 is 10.0 Å². The number of rotatable bonds is 6. The molecule has 1 aliphatic rings. The van der Waals surface area contributed by atoms with Gasteiger partial charge in [0.05, 0.1) is 13.2 Å². The first-order chi connectivity index (χ1) is 12.9. The number of carbonyl (C=O) groups excluding carboxylic acids is 1. The molecule has 0 spiro atoms. The number of nitrogens with one attached hydrogen (secondary N) is 1. The smallest absolute Gasteiger partial charge is 0.252 e. The molecule has 0 bridgehead atoms. The van der Waals surface area contributed by atoms with Crippen LogP contribution in [-0.4, -0.2) is 51.0 Å². The van der Waals surface area contributed by atoms with Gasteiger partial charge in [0.25, 0.3) is 15.9 Å². The molecule has 6 nitrogen and oxygen atoms in total. The fraction of sp³-hybridized carbons (Fsp3) is 0.421. The first kappa shape index (κ1) is 20.0. The monoisotopic (exact) mass is 408 g/mol. The number of thiophene rings is 1. The van der Waals surface area contributed by atoms with Crippen molar-refractivity contribution in [2.45, 2.75) is 30.5 Å². The molecule has 0 radical (unpaired) electrons. The molecule has 1 N–H and O–H groups in total. The number of hydrogen-bond acceptors (Lipinski definition) is 5.